The number of aliphatic carboxylic acids is 1. The van der Waals surface area contributed by atoms with Gasteiger partial charge in [0.2, 0.25) is 0 Å². The molecule has 2 N–H and O–H groups in total. The maximum absolute atomic E-state index is 10.9. The lowest BCUT2D eigenvalue weighted by Gasteiger charge is -2.16. The Labute approximate surface area is 107 Å². The van der Waals surface area contributed by atoms with Crippen molar-refractivity contribution in [1.29, 1.82) is 0 Å². The molecule has 1 unspecified atom stereocenters. The molecular weight excluding hydrogens is 292 g/mol. The third-order valence-corrected chi connectivity index (χ3v) is 2.68. The Bertz CT molecular complexity index is 419. The molecule has 17 heavy (non-hydrogen) atoms. The van der Waals surface area contributed by atoms with E-state index in [1.807, 2.05) is 0 Å². The van der Waals surface area contributed by atoms with Crippen LogP contribution in [0.25, 0.3) is 0 Å². The summed E-state index contributed by atoms with van der Waals surface area (Å²) in [5.41, 5.74) is 0.777. The lowest BCUT2D eigenvalue weighted by atomic mass is 10.0. The first kappa shape index (κ1) is 14.0. The Balaban J connectivity index is 3.35. The summed E-state index contributed by atoms with van der Waals surface area (Å²) >= 11 is 3.28. The van der Waals surface area contributed by atoms with E-state index in [0.29, 0.717) is 11.3 Å². The highest BCUT2D eigenvalue weighted by molar-refractivity contribution is 9.10. The number of benzene rings is 1. The summed E-state index contributed by atoms with van der Waals surface area (Å²) in [5.74, 6) is -1.02. The summed E-state index contributed by atoms with van der Waals surface area (Å²) in [7, 11) is 2.90. The number of halogens is 1. The van der Waals surface area contributed by atoms with Crippen molar-refractivity contribution in [2.45, 2.75) is 12.7 Å². The molecule has 0 aliphatic rings. The Morgan fingerprint density at radius 2 is 2.12 bits per heavy atom. The fourth-order valence-electron chi connectivity index (χ4n) is 1.52. The minimum absolute atomic E-state index is 0.190. The Kier molecular flexibility index (Phi) is 4.92. The molecule has 1 atom stereocenters. The molecule has 1 aromatic carbocycles. The summed E-state index contributed by atoms with van der Waals surface area (Å²) in [5, 5.41) is 18.5. The van der Waals surface area contributed by atoms with Crippen molar-refractivity contribution >= 4 is 21.9 Å². The van der Waals surface area contributed by atoms with Gasteiger partial charge in [0.25, 0.3) is 0 Å². The van der Waals surface area contributed by atoms with Crippen LogP contribution in [0.2, 0.25) is 0 Å². The second kappa shape index (κ2) is 6.00. The van der Waals surface area contributed by atoms with Gasteiger partial charge in [-0.15, -0.1) is 0 Å². The van der Waals surface area contributed by atoms with Crippen molar-refractivity contribution in [2.24, 2.45) is 0 Å². The van der Waals surface area contributed by atoms with Crippen LogP contribution in [0, 0.1) is 0 Å². The zero-order valence-electron chi connectivity index (χ0n) is 9.44. The van der Waals surface area contributed by atoms with Crippen molar-refractivity contribution in [3.63, 3.8) is 0 Å². The van der Waals surface area contributed by atoms with Gasteiger partial charge in [-0.05, 0) is 17.7 Å². The van der Waals surface area contributed by atoms with Crippen molar-refractivity contribution in [3.8, 4) is 5.75 Å². The molecule has 0 aliphatic heterocycles. The summed E-state index contributed by atoms with van der Waals surface area (Å²) < 4.78 is 10.8. The topological polar surface area (TPSA) is 76.0 Å². The van der Waals surface area contributed by atoms with Crippen molar-refractivity contribution in [3.05, 3.63) is 27.7 Å². The van der Waals surface area contributed by atoms with Gasteiger partial charge >= 0.3 is 5.97 Å². The summed E-state index contributed by atoms with van der Waals surface area (Å²) in [6.45, 7) is 0.190. The lowest BCUT2D eigenvalue weighted by molar-refractivity contribution is -0.147. The van der Waals surface area contributed by atoms with E-state index in [1.165, 1.54) is 14.2 Å². The molecule has 0 radical (unpaired) electrons. The van der Waals surface area contributed by atoms with Crippen LogP contribution in [0.4, 0.5) is 0 Å². The normalized spacial score (nSPS) is 12.2. The highest BCUT2D eigenvalue weighted by Gasteiger charge is 2.24. The molecule has 94 valence electrons. The third-order valence-electron chi connectivity index (χ3n) is 2.22. The van der Waals surface area contributed by atoms with Crippen LogP contribution < -0.4 is 4.74 Å². The first-order chi connectivity index (χ1) is 8.01. The Morgan fingerprint density at radius 3 is 2.59 bits per heavy atom. The van der Waals surface area contributed by atoms with Crippen LogP contribution in [0.3, 0.4) is 0 Å². The number of carbonyl (C=O) groups is 1. The zero-order valence-corrected chi connectivity index (χ0v) is 11.0. The molecule has 0 saturated carbocycles. The smallest absolute Gasteiger partial charge is 0.337 e. The summed E-state index contributed by atoms with van der Waals surface area (Å²) in [6.07, 6.45) is -1.64. The molecule has 0 spiro atoms. The minimum Gasteiger partial charge on any atom is -0.496 e. The fraction of sp³-hybridized carbons (Fsp3) is 0.364. The molecule has 0 saturated heterocycles. The second-order valence-corrected chi connectivity index (χ2v) is 4.27. The maximum Gasteiger partial charge on any atom is 0.337 e. The Hall–Kier alpha value is -1.11. The maximum atomic E-state index is 10.9. The Morgan fingerprint density at radius 1 is 1.47 bits per heavy atom. The van der Waals surface area contributed by atoms with Crippen LogP contribution in [-0.4, -0.2) is 30.4 Å². The van der Waals surface area contributed by atoms with Gasteiger partial charge in [-0.2, -0.15) is 0 Å². The highest BCUT2D eigenvalue weighted by atomic mass is 79.9. The second-order valence-electron chi connectivity index (χ2n) is 3.35. The van der Waals surface area contributed by atoms with Crippen LogP contribution in [0.15, 0.2) is 16.6 Å². The van der Waals surface area contributed by atoms with Crippen molar-refractivity contribution in [2.75, 3.05) is 14.2 Å². The van der Waals surface area contributed by atoms with Gasteiger partial charge in [0.1, 0.15) is 5.75 Å². The quantitative estimate of drug-likeness (QED) is 0.866. The number of methoxy groups -OCH3 is 2. The number of hydrogen-bond acceptors (Lipinski definition) is 4. The van der Waals surface area contributed by atoms with E-state index >= 15 is 0 Å². The van der Waals surface area contributed by atoms with Gasteiger partial charge in [-0.1, -0.05) is 15.9 Å². The number of hydrogen-bond donors (Lipinski definition) is 2. The van der Waals surface area contributed by atoms with Crippen LogP contribution in [-0.2, 0) is 16.1 Å². The average molecular weight is 305 g/mol. The summed E-state index contributed by atoms with van der Waals surface area (Å²) in [4.78, 5) is 10.9. The van der Waals surface area contributed by atoms with Gasteiger partial charge in [-0.25, -0.2) is 4.79 Å². The number of aliphatic hydroxyl groups excluding tert-OH is 1. The van der Waals surface area contributed by atoms with Gasteiger partial charge < -0.3 is 19.7 Å². The number of carboxylic acids is 1. The van der Waals surface area contributed by atoms with Crippen LogP contribution in [0.5, 0.6) is 5.75 Å². The first-order valence-electron chi connectivity index (χ1n) is 4.77. The molecule has 1 rings (SSSR count). The van der Waals surface area contributed by atoms with E-state index in [-0.39, 0.29) is 12.2 Å². The molecule has 0 aliphatic carbocycles. The largest absolute Gasteiger partial charge is 0.496 e. The SMILES string of the molecule is COCc1cc(Br)cc(OC)c1C(O)C(=O)O. The molecule has 0 amide bonds. The third kappa shape index (κ3) is 3.18. The molecule has 1 aromatic rings. The molecule has 0 aromatic heterocycles. The first-order valence-corrected chi connectivity index (χ1v) is 5.56. The highest BCUT2D eigenvalue weighted by Crippen LogP contribution is 2.33. The molecule has 6 heteroatoms. The molecule has 0 heterocycles. The van der Waals surface area contributed by atoms with E-state index in [0.717, 1.165) is 4.47 Å². The number of ether oxygens (including phenoxy) is 2. The van der Waals surface area contributed by atoms with Gasteiger partial charge in [0, 0.05) is 17.1 Å². The van der Waals surface area contributed by atoms with Gasteiger partial charge in [0.05, 0.1) is 13.7 Å². The van der Waals surface area contributed by atoms with Gasteiger partial charge in [0.15, 0.2) is 6.10 Å². The average Bonchev–Trinajstić information content (AvgIpc) is 2.27. The van der Waals surface area contributed by atoms with Crippen molar-refractivity contribution < 1.29 is 24.5 Å². The standard InChI is InChI=1S/C11H13BrO5/c1-16-5-6-3-7(12)4-8(17-2)9(6)10(13)11(14)15/h3-4,10,13H,5H2,1-2H3,(H,14,15). The predicted octanol–water partition coefficient (Wildman–Crippen LogP) is 1.72. The number of carboxylic acid groups (broad SMARTS) is 1. The van der Waals surface area contributed by atoms with Crippen LogP contribution >= 0.6 is 15.9 Å². The minimum atomic E-state index is -1.64. The van der Waals surface area contributed by atoms with E-state index in [9.17, 15) is 9.90 Å². The number of aliphatic hydroxyl groups is 1. The van der Waals surface area contributed by atoms with E-state index in [1.54, 1.807) is 12.1 Å². The molecule has 5 nitrogen and oxygen atoms in total. The lowest BCUT2D eigenvalue weighted by Crippen LogP contribution is -2.14. The monoisotopic (exact) mass is 304 g/mol. The zero-order chi connectivity index (χ0) is 13.0. The predicted molar refractivity (Wildman–Crippen MR) is 64.0 cm³/mol. The molecule has 0 bridgehead atoms. The van der Waals surface area contributed by atoms with E-state index in [4.69, 9.17) is 14.6 Å². The molecular formula is C11H13BrO5. The molecule has 0 fully saturated rings. The van der Waals surface area contributed by atoms with E-state index in [2.05, 4.69) is 15.9 Å². The fourth-order valence-corrected chi connectivity index (χ4v) is 2.01. The van der Waals surface area contributed by atoms with Gasteiger partial charge in [-0.3, -0.25) is 0 Å². The van der Waals surface area contributed by atoms with Crippen LogP contribution in [0.1, 0.15) is 17.2 Å². The summed E-state index contributed by atoms with van der Waals surface area (Å²) in [6, 6.07) is 3.29. The number of rotatable bonds is 5. The van der Waals surface area contributed by atoms with E-state index < -0.39 is 12.1 Å². The van der Waals surface area contributed by atoms with Crippen molar-refractivity contribution in [1.82, 2.24) is 0 Å².